The number of anilines is 3. The number of benzene rings is 2. The molecule has 0 aromatic heterocycles. The first-order valence-electron chi connectivity index (χ1n) is 4.83. The van der Waals surface area contributed by atoms with Gasteiger partial charge in [0.25, 0.3) is 0 Å². The largest absolute Gasteiger partial charge is 0.399 e. The summed E-state index contributed by atoms with van der Waals surface area (Å²) in [4.78, 5) is 0. The van der Waals surface area contributed by atoms with Crippen LogP contribution in [0.2, 0.25) is 0 Å². The lowest BCUT2D eigenvalue weighted by Gasteiger charge is -2.11. The van der Waals surface area contributed by atoms with Gasteiger partial charge in [0.15, 0.2) is 0 Å². The molecule has 0 saturated heterocycles. The molecule has 5 heteroatoms. The van der Waals surface area contributed by atoms with E-state index in [-0.39, 0.29) is 0 Å². The molecule has 2 rings (SSSR count). The van der Waals surface area contributed by atoms with Gasteiger partial charge in [-0.15, -0.1) is 0 Å². The third-order valence-corrected chi connectivity index (χ3v) is 4.24. The van der Waals surface area contributed by atoms with Crippen molar-refractivity contribution in [3.63, 3.8) is 0 Å². The summed E-state index contributed by atoms with van der Waals surface area (Å²) in [5, 5.41) is 3.36. The highest BCUT2D eigenvalue weighted by molar-refractivity contribution is 14.1. The van der Waals surface area contributed by atoms with Gasteiger partial charge >= 0.3 is 0 Å². The maximum atomic E-state index is 5.72. The zero-order valence-corrected chi connectivity index (χ0v) is 14.0. The Hall–Kier alpha value is -0.270. The van der Waals surface area contributed by atoms with Crippen molar-refractivity contribution in [2.75, 3.05) is 11.1 Å². The van der Waals surface area contributed by atoms with Gasteiger partial charge in [0.05, 0.1) is 11.4 Å². The van der Waals surface area contributed by atoms with E-state index in [0.29, 0.717) is 0 Å². The Kier molecular flexibility index (Phi) is 4.32. The Morgan fingerprint density at radius 2 is 1.71 bits per heavy atom. The molecule has 0 atom stereocenters. The quantitative estimate of drug-likeness (QED) is 0.474. The zero-order valence-electron chi connectivity index (χ0n) is 8.68. The van der Waals surface area contributed by atoms with Crippen molar-refractivity contribution in [3.05, 3.63) is 48.9 Å². The second-order valence-corrected chi connectivity index (χ2v) is 6.42. The molecule has 2 nitrogen and oxygen atoms in total. The molecule has 0 aliphatic heterocycles. The summed E-state index contributed by atoms with van der Waals surface area (Å²) in [7, 11) is 0. The topological polar surface area (TPSA) is 38.0 Å². The molecule has 3 N–H and O–H groups in total. The van der Waals surface area contributed by atoms with Crippen LogP contribution in [0.4, 0.5) is 17.1 Å². The Morgan fingerprint density at radius 3 is 2.35 bits per heavy atom. The molecule has 0 radical (unpaired) electrons. The first-order chi connectivity index (χ1) is 8.06. The van der Waals surface area contributed by atoms with E-state index in [1.807, 2.05) is 36.4 Å². The van der Waals surface area contributed by atoms with E-state index in [1.54, 1.807) is 0 Å². The molecule has 0 saturated carbocycles. The highest BCUT2D eigenvalue weighted by Crippen LogP contribution is 2.31. The van der Waals surface area contributed by atoms with Crippen LogP contribution in [0.15, 0.2) is 45.3 Å². The smallest absolute Gasteiger partial charge is 0.0529 e. The van der Waals surface area contributed by atoms with Crippen LogP contribution in [0.5, 0.6) is 0 Å². The standard InChI is InChI=1S/C12H9Br2IN2/c13-7-1-3-11(9(14)5-7)17-12-4-2-8(16)6-10(12)15/h1-6,17H,16H2. The average molecular weight is 468 g/mol. The van der Waals surface area contributed by atoms with Gasteiger partial charge in [-0.05, 0) is 74.9 Å². The highest BCUT2D eigenvalue weighted by atomic mass is 127. The summed E-state index contributed by atoms with van der Waals surface area (Å²) in [5.74, 6) is 0. The Morgan fingerprint density at radius 1 is 1.00 bits per heavy atom. The lowest BCUT2D eigenvalue weighted by Crippen LogP contribution is -1.95. The fourth-order valence-corrected chi connectivity index (χ4v) is 3.19. The van der Waals surface area contributed by atoms with Gasteiger partial charge in [0, 0.05) is 18.2 Å². The monoisotopic (exact) mass is 466 g/mol. The molecule has 17 heavy (non-hydrogen) atoms. The van der Waals surface area contributed by atoms with Crippen molar-refractivity contribution in [1.29, 1.82) is 0 Å². The van der Waals surface area contributed by atoms with Crippen molar-refractivity contribution in [3.8, 4) is 0 Å². The van der Waals surface area contributed by atoms with Crippen LogP contribution in [-0.4, -0.2) is 0 Å². The fraction of sp³-hybridized carbons (Fsp3) is 0. The molecule has 0 heterocycles. The van der Waals surface area contributed by atoms with E-state index < -0.39 is 0 Å². The minimum Gasteiger partial charge on any atom is -0.399 e. The maximum absolute atomic E-state index is 5.72. The van der Waals surface area contributed by atoms with E-state index in [0.717, 1.165) is 29.6 Å². The Labute approximate surface area is 130 Å². The minimum atomic E-state index is 0.773. The summed E-state index contributed by atoms with van der Waals surface area (Å²) in [6.07, 6.45) is 0. The number of hydrogen-bond donors (Lipinski definition) is 2. The van der Waals surface area contributed by atoms with Crippen molar-refractivity contribution in [2.45, 2.75) is 0 Å². The molecule has 0 amide bonds. The lowest BCUT2D eigenvalue weighted by atomic mass is 10.2. The first kappa shape index (κ1) is 13.2. The van der Waals surface area contributed by atoms with Crippen LogP contribution >= 0.6 is 54.5 Å². The van der Waals surface area contributed by atoms with Crippen LogP contribution in [-0.2, 0) is 0 Å². The van der Waals surface area contributed by atoms with E-state index >= 15 is 0 Å². The van der Waals surface area contributed by atoms with Crippen molar-refractivity contribution in [2.24, 2.45) is 0 Å². The third-order valence-electron chi connectivity index (χ3n) is 2.19. The van der Waals surface area contributed by atoms with E-state index in [4.69, 9.17) is 5.73 Å². The number of nitrogen functional groups attached to an aromatic ring is 1. The van der Waals surface area contributed by atoms with Gasteiger partial charge < -0.3 is 11.1 Å². The van der Waals surface area contributed by atoms with Crippen LogP contribution in [0.3, 0.4) is 0 Å². The fourth-order valence-electron chi connectivity index (χ4n) is 1.37. The van der Waals surface area contributed by atoms with Gasteiger partial charge in [0.1, 0.15) is 0 Å². The van der Waals surface area contributed by atoms with Crippen molar-refractivity contribution < 1.29 is 0 Å². The van der Waals surface area contributed by atoms with Crippen molar-refractivity contribution in [1.82, 2.24) is 0 Å². The van der Waals surface area contributed by atoms with Gasteiger partial charge in [-0.1, -0.05) is 15.9 Å². The van der Waals surface area contributed by atoms with E-state index in [2.05, 4.69) is 59.8 Å². The SMILES string of the molecule is Nc1ccc(Nc2ccc(Br)cc2Br)c(I)c1. The van der Waals surface area contributed by atoms with Crippen LogP contribution in [0.1, 0.15) is 0 Å². The molecular weight excluding hydrogens is 459 g/mol. The highest BCUT2D eigenvalue weighted by Gasteiger charge is 2.04. The summed E-state index contributed by atoms with van der Waals surface area (Å²) in [6.45, 7) is 0. The minimum absolute atomic E-state index is 0.773. The molecule has 0 unspecified atom stereocenters. The summed E-state index contributed by atoms with van der Waals surface area (Å²) in [6, 6.07) is 11.8. The van der Waals surface area contributed by atoms with E-state index in [9.17, 15) is 0 Å². The van der Waals surface area contributed by atoms with Gasteiger partial charge in [-0.2, -0.15) is 0 Å². The summed E-state index contributed by atoms with van der Waals surface area (Å²) in [5.41, 5.74) is 8.56. The second kappa shape index (κ2) is 5.58. The molecular formula is C12H9Br2IN2. The van der Waals surface area contributed by atoms with Gasteiger partial charge in [-0.3, -0.25) is 0 Å². The number of halogens is 3. The molecule has 88 valence electrons. The number of rotatable bonds is 2. The molecule has 0 bridgehead atoms. The molecule has 2 aromatic carbocycles. The third kappa shape index (κ3) is 3.35. The molecule has 0 aliphatic carbocycles. The van der Waals surface area contributed by atoms with Gasteiger partial charge in [0.2, 0.25) is 0 Å². The average Bonchev–Trinajstić information content (AvgIpc) is 2.25. The zero-order chi connectivity index (χ0) is 12.4. The number of hydrogen-bond acceptors (Lipinski definition) is 2. The number of nitrogens with two attached hydrogens (primary N) is 1. The predicted octanol–water partition coefficient (Wildman–Crippen LogP) is 5.14. The molecule has 2 aromatic rings. The Balaban J connectivity index is 2.31. The summed E-state index contributed by atoms with van der Waals surface area (Å²) < 4.78 is 3.15. The van der Waals surface area contributed by atoms with Crippen molar-refractivity contribution >= 4 is 71.5 Å². The second-order valence-electron chi connectivity index (χ2n) is 3.49. The van der Waals surface area contributed by atoms with Gasteiger partial charge in [-0.25, -0.2) is 0 Å². The van der Waals surface area contributed by atoms with Crippen LogP contribution < -0.4 is 11.1 Å². The number of nitrogens with one attached hydrogen (secondary N) is 1. The molecule has 0 aliphatic rings. The van der Waals surface area contributed by atoms with Crippen LogP contribution in [0, 0.1) is 3.57 Å². The van der Waals surface area contributed by atoms with Crippen LogP contribution in [0.25, 0.3) is 0 Å². The summed E-state index contributed by atoms with van der Waals surface area (Å²) >= 11 is 9.22. The van der Waals surface area contributed by atoms with E-state index in [1.165, 1.54) is 0 Å². The lowest BCUT2D eigenvalue weighted by molar-refractivity contribution is 1.49. The predicted molar refractivity (Wildman–Crippen MR) is 88.7 cm³/mol. The normalized spacial score (nSPS) is 10.3. The first-order valence-corrected chi connectivity index (χ1v) is 7.50. The molecule has 0 spiro atoms. The maximum Gasteiger partial charge on any atom is 0.0529 e. The molecule has 0 fully saturated rings. The Bertz CT molecular complexity index is 509.